The number of aromatic nitrogens is 5. The van der Waals surface area contributed by atoms with E-state index in [1.807, 2.05) is 36.5 Å². The van der Waals surface area contributed by atoms with Gasteiger partial charge in [-0.25, -0.2) is 4.98 Å². The average Bonchev–Trinajstić information content (AvgIpc) is 3.26. The molecule has 0 aliphatic carbocycles. The van der Waals surface area contributed by atoms with Crippen molar-refractivity contribution in [3.8, 4) is 17.1 Å². The van der Waals surface area contributed by atoms with E-state index in [2.05, 4.69) is 20.0 Å². The number of hydrogen-bond donors (Lipinski definition) is 0. The highest BCUT2D eigenvalue weighted by molar-refractivity contribution is 5.79. The third-order valence-corrected chi connectivity index (χ3v) is 5.63. The van der Waals surface area contributed by atoms with Crippen LogP contribution in [0, 0.1) is 0 Å². The molecule has 1 fully saturated rings. The minimum Gasteiger partial charge on any atom is -0.497 e. The summed E-state index contributed by atoms with van der Waals surface area (Å²) in [6, 6.07) is 9.44. The molecule has 0 spiro atoms. The molecular formula is C22H24N6O3. The lowest BCUT2D eigenvalue weighted by molar-refractivity contribution is 0.0369. The van der Waals surface area contributed by atoms with E-state index < -0.39 is 0 Å². The number of nitrogens with zero attached hydrogens (tertiary/aromatic N) is 6. The molecule has 0 atom stereocenters. The van der Waals surface area contributed by atoms with E-state index in [4.69, 9.17) is 9.47 Å². The van der Waals surface area contributed by atoms with Crippen LogP contribution >= 0.6 is 0 Å². The molecule has 9 heteroatoms. The Kier molecular flexibility index (Phi) is 5.35. The second-order valence-electron chi connectivity index (χ2n) is 7.55. The first-order valence-electron chi connectivity index (χ1n) is 10.4. The number of rotatable bonds is 6. The summed E-state index contributed by atoms with van der Waals surface area (Å²) >= 11 is 0. The van der Waals surface area contributed by atoms with Crippen LogP contribution < -0.4 is 10.3 Å². The van der Waals surface area contributed by atoms with Crippen LogP contribution in [-0.4, -0.2) is 69.0 Å². The van der Waals surface area contributed by atoms with E-state index in [1.165, 1.54) is 0 Å². The maximum Gasteiger partial charge on any atom is 0.261 e. The van der Waals surface area contributed by atoms with E-state index >= 15 is 0 Å². The van der Waals surface area contributed by atoms with E-state index in [-0.39, 0.29) is 5.56 Å². The molecule has 0 N–H and O–H groups in total. The summed E-state index contributed by atoms with van der Waals surface area (Å²) in [5.74, 6) is 1.78. The zero-order valence-corrected chi connectivity index (χ0v) is 17.4. The van der Waals surface area contributed by atoms with Gasteiger partial charge in [0.15, 0.2) is 5.82 Å². The molecule has 0 bridgehead atoms. The molecule has 5 rings (SSSR count). The van der Waals surface area contributed by atoms with Gasteiger partial charge in [0.1, 0.15) is 5.75 Å². The van der Waals surface area contributed by atoms with Gasteiger partial charge in [-0.15, -0.1) is 5.10 Å². The molecule has 0 saturated carbocycles. The van der Waals surface area contributed by atoms with Gasteiger partial charge in [0.25, 0.3) is 11.3 Å². The standard InChI is InChI=1S/C22H24N6O3/c1-30-17-5-3-16(4-6-17)20-24-22-23-15-18-19(28(22)25-20)7-10-27(21(18)29)9-2-8-26-11-13-31-14-12-26/h3-7,10,15H,2,8-9,11-14H2,1H3. The topological polar surface area (TPSA) is 86.8 Å². The number of benzene rings is 1. The Morgan fingerprint density at radius 3 is 2.68 bits per heavy atom. The Morgan fingerprint density at radius 2 is 1.90 bits per heavy atom. The highest BCUT2D eigenvalue weighted by atomic mass is 16.5. The third kappa shape index (κ3) is 3.89. The van der Waals surface area contributed by atoms with Crippen LogP contribution in [0.2, 0.25) is 0 Å². The normalized spacial score (nSPS) is 15.0. The predicted octanol–water partition coefficient (Wildman–Crippen LogP) is 1.84. The number of hydrogen-bond acceptors (Lipinski definition) is 7. The van der Waals surface area contributed by atoms with Gasteiger partial charge >= 0.3 is 0 Å². The molecule has 160 valence electrons. The van der Waals surface area contributed by atoms with Crippen LogP contribution in [0.1, 0.15) is 6.42 Å². The fourth-order valence-corrected chi connectivity index (χ4v) is 3.89. The van der Waals surface area contributed by atoms with Gasteiger partial charge in [-0.1, -0.05) is 0 Å². The number of fused-ring (bicyclic) bond motifs is 3. The van der Waals surface area contributed by atoms with Crippen molar-refractivity contribution in [2.45, 2.75) is 13.0 Å². The van der Waals surface area contributed by atoms with Crippen molar-refractivity contribution in [2.24, 2.45) is 0 Å². The van der Waals surface area contributed by atoms with Crippen LogP contribution in [0.4, 0.5) is 0 Å². The molecule has 1 aliphatic rings. The lowest BCUT2D eigenvalue weighted by atomic mass is 10.2. The van der Waals surface area contributed by atoms with Crippen molar-refractivity contribution in [2.75, 3.05) is 40.0 Å². The van der Waals surface area contributed by atoms with Crippen LogP contribution in [0.25, 0.3) is 28.1 Å². The molecule has 31 heavy (non-hydrogen) atoms. The lowest BCUT2D eigenvalue weighted by Crippen LogP contribution is -2.37. The second kappa shape index (κ2) is 8.44. The molecule has 0 radical (unpaired) electrons. The van der Waals surface area contributed by atoms with Crippen molar-refractivity contribution in [1.29, 1.82) is 0 Å². The first-order valence-corrected chi connectivity index (χ1v) is 10.4. The van der Waals surface area contributed by atoms with Crippen LogP contribution in [0.3, 0.4) is 0 Å². The Hall–Kier alpha value is -3.30. The highest BCUT2D eigenvalue weighted by Gasteiger charge is 2.14. The maximum absolute atomic E-state index is 13.0. The second-order valence-corrected chi connectivity index (χ2v) is 7.55. The summed E-state index contributed by atoms with van der Waals surface area (Å²) in [5.41, 5.74) is 1.50. The molecule has 9 nitrogen and oxygen atoms in total. The third-order valence-electron chi connectivity index (χ3n) is 5.63. The zero-order valence-electron chi connectivity index (χ0n) is 17.4. The summed E-state index contributed by atoms with van der Waals surface area (Å²) < 4.78 is 14.0. The zero-order chi connectivity index (χ0) is 21.2. The largest absolute Gasteiger partial charge is 0.497 e. The van der Waals surface area contributed by atoms with Gasteiger partial charge in [-0.05, 0) is 36.8 Å². The molecule has 0 unspecified atom stereocenters. The minimum absolute atomic E-state index is 0.0598. The maximum atomic E-state index is 13.0. The van der Waals surface area contributed by atoms with E-state index in [0.717, 1.165) is 50.6 Å². The van der Waals surface area contributed by atoms with E-state index in [0.29, 0.717) is 29.0 Å². The molecular weight excluding hydrogens is 396 g/mol. The first-order chi connectivity index (χ1) is 15.2. The SMILES string of the molecule is COc1ccc(-c2nc3ncc4c(=O)n(CCCN5CCOCC5)ccc4n3n2)cc1. The van der Waals surface area contributed by atoms with Crippen molar-refractivity contribution in [3.63, 3.8) is 0 Å². The molecule has 1 saturated heterocycles. The average molecular weight is 420 g/mol. The van der Waals surface area contributed by atoms with Crippen LogP contribution in [0.5, 0.6) is 5.75 Å². The summed E-state index contributed by atoms with van der Waals surface area (Å²) in [6.07, 6.45) is 4.34. The van der Waals surface area contributed by atoms with Crippen molar-refractivity contribution in [3.05, 3.63) is 53.1 Å². The number of methoxy groups -OCH3 is 1. The summed E-state index contributed by atoms with van der Waals surface area (Å²) in [7, 11) is 1.63. The van der Waals surface area contributed by atoms with E-state index in [9.17, 15) is 4.79 Å². The first kappa shape index (κ1) is 19.7. The van der Waals surface area contributed by atoms with Crippen molar-refractivity contribution < 1.29 is 9.47 Å². The predicted molar refractivity (Wildman–Crippen MR) is 116 cm³/mol. The van der Waals surface area contributed by atoms with Crippen LogP contribution in [-0.2, 0) is 11.3 Å². The number of morpholine rings is 1. The summed E-state index contributed by atoms with van der Waals surface area (Å²) in [4.78, 5) is 24.3. The molecule has 4 heterocycles. The Morgan fingerprint density at radius 1 is 1.10 bits per heavy atom. The number of aryl methyl sites for hydroxylation is 1. The van der Waals surface area contributed by atoms with Gasteiger partial charge in [0.2, 0.25) is 0 Å². The smallest absolute Gasteiger partial charge is 0.261 e. The van der Waals surface area contributed by atoms with Crippen molar-refractivity contribution >= 4 is 16.7 Å². The van der Waals surface area contributed by atoms with Gasteiger partial charge in [0.05, 0.1) is 31.2 Å². The monoisotopic (exact) mass is 420 g/mol. The van der Waals surface area contributed by atoms with Gasteiger partial charge in [-0.3, -0.25) is 9.69 Å². The molecule has 1 aromatic carbocycles. The lowest BCUT2D eigenvalue weighted by Gasteiger charge is -2.26. The quantitative estimate of drug-likeness (QED) is 0.470. The molecule has 1 aliphatic heterocycles. The number of pyridine rings is 1. The Balaban J connectivity index is 1.41. The fraction of sp³-hybridized carbons (Fsp3) is 0.364. The van der Waals surface area contributed by atoms with E-state index in [1.54, 1.807) is 22.4 Å². The van der Waals surface area contributed by atoms with Gasteiger partial charge in [0, 0.05) is 44.1 Å². The summed E-state index contributed by atoms with van der Waals surface area (Å²) in [6.45, 7) is 5.11. The summed E-state index contributed by atoms with van der Waals surface area (Å²) in [5, 5.41) is 5.13. The Labute approximate surface area is 178 Å². The molecule has 3 aromatic heterocycles. The van der Waals surface area contributed by atoms with Gasteiger partial charge in [-0.2, -0.15) is 9.50 Å². The van der Waals surface area contributed by atoms with Gasteiger partial charge < -0.3 is 14.0 Å². The Bertz CT molecular complexity index is 1260. The highest BCUT2D eigenvalue weighted by Crippen LogP contribution is 2.21. The minimum atomic E-state index is -0.0598. The fourth-order valence-electron chi connectivity index (χ4n) is 3.89. The number of ether oxygens (including phenoxy) is 2. The van der Waals surface area contributed by atoms with Crippen molar-refractivity contribution in [1.82, 2.24) is 29.0 Å². The van der Waals surface area contributed by atoms with Crippen LogP contribution in [0.15, 0.2) is 47.5 Å². The molecule has 4 aromatic rings. The molecule has 0 amide bonds.